The van der Waals surface area contributed by atoms with Gasteiger partial charge in [-0.15, -0.1) is 0 Å². The lowest BCUT2D eigenvalue weighted by Gasteiger charge is -2.16. The van der Waals surface area contributed by atoms with Gasteiger partial charge in [0.25, 0.3) is 0 Å². The molecule has 166 valence electrons. The van der Waals surface area contributed by atoms with E-state index < -0.39 is 6.10 Å². The van der Waals surface area contributed by atoms with Crippen LogP contribution < -0.4 is 0 Å². The van der Waals surface area contributed by atoms with E-state index in [0.29, 0.717) is 13.1 Å². The van der Waals surface area contributed by atoms with Crippen LogP contribution in [0, 0.1) is 0 Å². The van der Waals surface area contributed by atoms with Crippen LogP contribution in [-0.4, -0.2) is 25.6 Å². The summed E-state index contributed by atoms with van der Waals surface area (Å²) in [6.07, 6.45) is -0.606. The van der Waals surface area contributed by atoms with E-state index in [1.807, 2.05) is 41.1 Å². The zero-order valence-corrected chi connectivity index (χ0v) is 18.8. The third-order valence-corrected chi connectivity index (χ3v) is 6.38. The summed E-state index contributed by atoms with van der Waals surface area (Å²) < 4.78 is 4.16. The molecule has 4 nitrogen and oxygen atoms in total. The molecule has 2 heterocycles. The Balaban J connectivity index is 1.37. The standard InChI is InChI=1S/C30H25N3O/c34-24(20-32-28-17-9-7-15-25(28)26-16-8-10-18-29(26)32)21-33-30(23-13-5-2-6-14-23)19-27(31-33)22-11-3-1-4-12-22/h1-19,24,34H,20-21H2/t24-/m0/s1. The van der Waals surface area contributed by atoms with Gasteiger partial charge >= 0.3 is 0 Å². The van der Waals surface area contributed by atoms with Gasteiger partial charge in [0.2, 0.25) is 0 Å². The number of nitrogens with zero attached hydrogens (tertiary/aromatic N) is 3. The van der Waals surface area contributed by atoms with Gasteiger partial charge in [-0.1, -0.05) is 97.1 Å². The van der Waals surface area contributed by atoms with Gasteiger partial charge in [-0.25, -0.2) is 0 Å². The molecular formula is C30H25N3O. The maximum absolute atomic E-state index is 11.3. The summed E-state index contributed by atoms with van der Waals surface area (Å²) in [5.74, 6) is 0. The highest BCUT2D eigenvalue weighted by Gasteiger charge is 2.17. The maximum Gasteiger partial charge on any atom is 0.0929 e. The van der Waals surface area contributed by atoms with Crippen molar-refractivity contribution >= 4 is 21.8 Å². The molecule has 0 aliphatic carbocycles. The summed E-state index contributed by atoms with van der Waals surface area (Å²) in [4.78, 5) is 0. The van der Waals surface area contributed by atoms with Crippen molar-refractivity contribution in [3.8, 4) is 22.5 Å². The molecule has 34 heavy (non-hydrogen) atoms. The maximum atomic E-state index is 11.3. The van der Waals surface area contributed by atoms with E-state index in [4.69, 9.17) is 5.10 Å². The monoisotopic (exact) mass is 443 g/mol. The lowest BCUT2D eigenvalue weighted by atomic mass is 10.1. The van der Waals surface area contributed by atoms with E-state index in [-0.39, 0.29) is 0 Å². The molecule has 0 bridgehead atoms. The van der Waals surface area contributed by atoms with Gasteiger partial charge in [0.1, 0.15) is 0 Å². The third-order valence-electron chi connectivity index (χ3n) is 6.38. The van der Waals surface area contributed by atoms with Gasteiger partial charge in [-0.3, -0.25) is 4.68 Å². The molecule has 0 spiro atoms. The van der Waals surface area contributed by atoms with Crippen LogP contribution in [0.15, 0.2) is 115 Å². The van der Waals surface area contributed by atoms with Crippen LogP contribution in [-0.2, 0) is 13.1 Å². The average Bonchev–Trinajstić information content (AvgIpc) is 3.45. The zero-order valence-electron chi connectivity index (χ0n) is 18.8. The van der Waals surface area contributed by atoms with Gasteiger partial charge in [0, 0.05) is 27.4 Å². The van der Waals surface area contributed by atoms with E-state index in [2.05, 4.69) is 83.4 Å². The Bertz CT molecular complexity index is 1510. The highest BCUT2D eigenvalue weighted by Crippen LogP contribution is 2.30. The molecule has 0 amide bonds. The lowest BCUT2D eigenvalue weighted by molar-refractivity contribution is 0.133. The fourth-order valence-electron chi connectivity index (χ4n) is 4.82. The highest BCUT2D eigenvalue weighted by molar-refractivity contribution is 6.07. The first kappa shape index (κ1) is 20.5. The van der Waals surface area contributed by atoms with E-state index in [9.17, 15) is 5.11 Å². The Morgan fingerprint density at radius 2 is 1.15 bits per heavy atom. The summed E-state index contributed by atoms with van der Waals surface area (Å²) in [5.41, 5.74) is 6.33. The predicted molar refractivity (Wildman–Crippen MR) is 139 cm³/mol. The molecule has 0 radical (unpaired) electrons. The van der Waals surface area contributed by atoms with Crippen LogP contribution in [0.5, 0.6) is 0 Å². The van der Waals surface area contributed by atoms with Crippen molar-refractivity contribution in [2.75, 3.05) is 0 Å². The van der Waals surface area contributed by atoms with Crippen molar-refractivity contribution in [1.82, 2.24) is 14.3 Å². The van der Waals surface area contributed by atoms with Crippen molar-refractivity contribution in [2.45, 2.75) is 19.2 Å². The minimum atomic E-state index is -0.606. The predicted octanol–water partition coefficient (Wildman–Crippen LogP) is 6.39. The third kappa shape index (κ3) is 3.68. The van der Waals surface area contributed by atoms with E-state index >= 15 is 0 Å². The Morgan fingerprint density at radius 1 is 0.618 bits per heavy atom. The Morgan fingerprint density at radius 3 is 1.76 bits per heavy atom. The number of hydrogen-bond donors (Lipinski definition) is 1. The molecule has 4 aromatic carbocycles. The molecule has 4 heteroatoms. The molecule has 0 aliphatic rings. The summed E-state index contributed by atoms with van der Waals surface area (Å²) >= 11 is 0. The number of rotatable bonds is 6. The molecule has 0 fully saturated rings. The van der Waals surface area contributed by atoms with Gasteiger partial charge in [0.05, 0.1) is 30.6 Å². The number of fused-ring (bicyclic) bond motifs is 3. The first-order valence-electron chi connectivity index (χ1n) is 11.6. The second-order valence-corrected chi connectivity index (χ2v) is 8.63. The average molecular weight is 444 g/mol. The van der Waals surface area contributed by atoms with E-state index in [1.165, 1.54) is 10.8 Å². The van der Waals surface area contributed by atoms with Crippen LogP contribution in [0.1, 0.15) is 0 Å². The summed E-state index contributed by atoms with van der Waals surface area (Å²) in [5, 5.41) is 18.6. The Labute approximate surface area is 198 Å². The second-order valence-electron chi connectivity index (χ2n) is 8.63. The van der Waals surface area contributed by atoms with Crippen molar-refractivity contribution < 1.29 is 5.11 Å². The van der Waals surface area contributed by atoms with Crippen molar-refractivity contribution in [3.05, 3.63) is 115 Å². The van der Waals surface area contributed by atoms with Crippen LogP contribution in [0.4, 0.5) is 0 Å². The lowest BCUT2D eigenvalue weighted by Crippen LogP contribution is -2.23. The number of benzene rings is 4. The number of aromatic nitrogens is 3. The van der Waals surface area contributed by atoms with E-state index in [1.54, 1.807) is 0 Å². The molecule has 0 aliphatic heterocycles. The fourth-order valence-corrected chi connectivity index (χ4v) is 4.82. The minimum absolute atomic E-state index is 0.401. The SMILES string of the molecule is O[C@H](Cn1nc(-c2ccccc2)cc1-c1ccccc1)Cn1c2ccccc2c2ccccc21. The molecule has 0 saturated carbocycles. The minimum Gasteiger partial charge on any atom is -0.389 e. The second kappa shape index (κ2) is 8.65. The van der Waals surface area contributed by atoms with Crippen molar-refractivity contribution in [1.29, 1.82) is 0 Å². The molecule has 0 saturated heterocycles. The van der Waals surface area contributed by atoms with Crippen LogP contribution >= 0.6 is 0 Å². The molecule has 6 rings (SSSR count). The number of aliphatic hydroxyl groups is 1. The fraction of sp³-hybridized carbons (Fsp3) is 0.100. The van der Waals surface area contributed by atoms with Crippen LogP contribution in [0.25, 0.3) is 44.3 Å². The smallest absolute Gasteiger partial charge is 0.0929 e. The number of aliphatic hydroxyl groups excluding tert-OH is 1. The topological polar surface area (TPSA) is 43.0 Å². The van der Waals surface area contributed by atoms with Crippen LogP contribution in [0.3, 0.4) is 0 Å². The van der Waals surface area contributed by atoms with Gasteiger partial charge in [-0.05, 0) is 23.8 Å². The van der Waals surface area contributed by atoms with E-state index in [0.717, 1.165) is 33.5 Å². The van der Waals surface area contributed by atoms with Gasteiger partial charge in [-0.2, -0.15) is 5.10 Å². The Kier molecular flexibility index (Phi) is 5.21. The number of para-hydroxylation sites is 2. The highest BCUT2D eigenvalue weighted by atomic mass is 16.3. The summed E-state index contributed by atoms with van der Waals surface area (Å²) in [6.45, 7) is 0.890. The zero-order chi connectivity index (χ0) is 22.9. The normalized spacial score (nSPS) is 12.4. The molecule has 1 atom stereocenters. The Hall–Kier alpha value is -4.15. The quantitative estimate of drug-likeness (QED) is 0.324. The van der Waals surface area contributed by atoms with Gasteiger partial charge in [0.15, 0.2) is 0 Å². The summed E-state index contributed by atoms with van der Waals surface area (Å²) in [7, 11) is 0. The molecule has 6 aromatic rings. The van der Waals surface area contributed by atoms with Gasteiger partial charge < -0.3 is 9.67 Å². The van der Waals surface area contributed by atoms with Crippen LogP contribution in [0.2, 0.25) is 0 Å². The largest absolute Gasteiger partial charge is 0.389 e. The number of hydrogen-bond acceptors (Lipinski definition) is 2. The molecule has 2 aromatic heterocycles. The molecule has 1 N–H and O–H groups in total. The molecular weight excluding hydrogens is 418 g/mol. The summed E-state index contributed by atoms with van der Waals surface area (Å²) in [6, 6.07) is 39.3. The molecule has 0 unspecified atom stereocenters. The first-order valence-corrected chi connectivity index (χ1v) is 11.6. The first-order chi connectivity index (χ1) is 16.8. The van der Waals surface area contributed by atoms with Crippen molar-refractivity contribution in [2.24, 2.45) is 0 Å². The van der Waals surface area contributed by atoms with Crippen molar-refractivity contribution in [3.63, 3.8) is 0 Å².